The van der Waals surface area contributed by atoms with Crippen molar-refractivity contribution >= 4 is 28.1 Å². The number of piperidine rings is 1. The standard InChI is InChI=1S/C19H22N4OS/c24-13-18-21-17-8-2-1-7-16(17)19(22-18)20-14-5-3-9-23(11-14)12-15-6-4-10-25-15/h1-2,4,6-8,10,14,24H,3,5,9,11-13H2,(H,20,21,22)/t14-/m0/s1. The average Bonchev–Trinajstić information content (AvgIpc) is 3.15. The van der Waals surface area contributed by atoms with E-state index in [0.717, 1.165) is 42.8 Å². The number of likely N-dealkylation sites (tertiary alicyclic amines) is 1. The van der Waals surface area contributed by atoms with Crippen LogP contribution in [0.4, 0.5) is 5.82 Å². The van der Waals surface area contributed by atoms with E-state index >= 15 is 0 Å². The lowest BCUT2D eigenvalue weighted by Crippen LogP contribution is -2.41. The zero-order chi connectivity index (χ0) is 17.1. The molecule has 0 aliphatic carbocycles. The van der Waals surface area contributed by atoms with Gasteiger partial charge in [0, 0.05) is 29.4 Å². The van der Waals surface area contributed by atoms with E-state index in [4.69, 9.17) is 0 Å². The van der Waals surface area contributed by atoms with Crippen LogP contribution in [0.1, 0.15) is 23.5 Å². The number of aliphatic hydroxyl groups is 1. The van der Waals surface area contributed by atoms with Crippen LogP contribution in [0, 0.1) is 0 Å². The molecular weight excluding hydrogens is 332 g/mol. The van der Waals surface area contributed by atoms with Crippen LogP contribution in [0.3, 0.4) is 0 Å². The Morgan fingerprint density at radius 1 is 1.20 bits per heavy atom. The third kappa shape index (κ3) is 3.81. The van der Waals surface area contributed by atoms with Crippen LogP contribution in [0.25, 0.3) is 10.9 Å². The van der Waals surface area contributed by atoms with Gasteiger partial charge in [0.1, 0.15) is 12.4 Å². The molecule has 3 heterocycles. The molecule has 130 valence electrons. The maximum atomic E-state index is 9.45. The zero-order valence-corrected chi connectivity index (χ0v) is 14.9. The van der Waals surface area contributed by atoms with Crippen molar-refractivity contribution in [3.63, 3.8) is 0 Å². The Bertz CT molecular complexity index is 837. The van der Waals surface area contributed by atoms with Crippen LogP contribution in [-0.4, -0.2) is 39.1 Å². The van der Waals surface area contributed by atoms with E-state index in [1.807, 2.05) is 35.6 Å². The first-order chi connectivity index (χ1) is 12.3. The van der Waals surface area contributed by atoms with Crippen LogP contribution in [0.5, 0.6) is 0 Å². The Hall–Kier alpha value is -2.02. The fraction of sp³-hybridized carbons (Fsp3) is 0.368. The Morgan fingerprint density at radius 2 is 2.12 bits per heavy atom. The number of fused-ring (bicyclic) bond motifs is 1. The summed E-state index contributed by atoms with van der Waals surface area (Å²) in [4.78, 5) is 12.8. The lowest BCUT2D eigenvalue weighted by atomic mass is 10.1. The van der Waals surface area contributed by atoms with Gasteiger partial charge in [0.15, 0.2) is 5.82 Å². The number of aliphatic hydroxyl groups excluding tert-OH is 1. The quantitative estimate of drug-likeness (QED) is 0.736. The number of aromatic nitrogens is 2. The van der Waals surface area contributed by atoms with Crippen molar-refractivity contribution in [2.24, 2.45) is 0 Å². The molecule has 0 spiro atoms. The van der Waals surface area contributed by atoms with E-state index in [-0.39, 0.29) is 6.61 Å². The van der Waals surface area contributed by atoms with Crippen LogP contribution < -0.4 is 5.32 Å². The van der Waals surface area contributed by atoms with Crippen molar-refractivity contribution in [2.45, 2.75) is 32.0 Å². The third-order valence-electron chi connectivity index (χ3n) is 4.60. The van der Waals surface area contributed by atoms with E-state index in [1.54, 1.807) is 0 Å². The molecule has 25 heavy (non-hydrogen) atoms. The Kier molecular flexibility index (Phi) is 4.92. The molecule has 0 unspecified atom stereocenters. The van der Waals surface area contributed by atoms with Gasteiger partial charge in [-0.15, -0.1) is 11.3 Å². The predicted molar refractivity (Wildman–Crippen MR) is 102 cm³/mol. The van der Waals surface area contributed by atoms with Crippen LogP contribution in [0.15, 0.2) is 41.8 Å². The van der Waals surface area contributed by atoms with E-state index in [0.29, 0.717) is 11.9 Å². The van der Waals surface area contributed by atoms with E-state index < -0.39 is 0 Å². The number of para-hydroxylation sites is 1. The summed E-state index contributed by atoms with van der Waals surface area (Å²) >= 11 is 1.82. The summed E-state index contributed by atoms with van der Waals surface area (Å²) in [5, 5.41) is 16.2. The molecule has 1 saturated heterocycles. The largest absolute Gasteiger partial charge is 0.388 e. The molecule has 1 aromatic carbocycles. The molecule has 2 aromatic heterocycles. The molecule has 0 amide bonds. The Balaban J connectivity index is 1.52. The highest BCUT2D eigenvalue weighted by atomic mass is 32.1. The van der Waals surface area contributed by atoms with Gasteiger partial charge >= 0.3 is 0 Å². The number of hydrogen-bond donors (Lipinski definition) is 2. The molecule has 6 heteroatoms. The molecule has 4 rings (SSSR count). The molecule has 1 aliphatic heterocycles. The Labute approximate surface area is 151 Å². The normalized spacial score (nSPS) is 18.5. The van der Waals surface area contributed by atoms with Crippen molar-refractivity contribution in [2.75, 3.05) is 18.4 Å². The van der Waals surface area contributed by atoms with Gasteiger partial charge < -0.3 is 10.4 Å². The number of nitrogens with one attached hydrogen (secondary N) is 1. The summed E-state index contributed by atoms with van der Waals surface area (Å²) in [7, 11) is 0. The summed E-state index contributed by atoms with van der Waals surface area (Å²) in [5.41, 5.74) is 0.871. The van der Waals surface area contributed by atoms with Gasteiger partial charge in [-0.05, 0) is 43.0 Å². The molecule has 0 radical (unpaired) electrons. The molecule has 0 bridgehead atoms. The van der Waals surface area contributed by atoms with E-state index in [2.05, 4.69) is 37.7 Å². The van der Waals surface area contributed by atoms with E-state index in [1.165, 1.54) is 11.3 Å². The van der Waals surface area contributed by atoms with Crippen molar-refractivity contribution in [1.82, 2.24) is 14.9 Å². The highest BCUT2D eigenvalue weighted by molar-refractivity contribution is 7.09. The fourth-order valence-electron chi connectivity index (χ4n) is 3.44. The first-order valence-electron chi connectivity index (χ1n) is 8.69. The summed E-state index contributed by atoms with van der Waals surface area (Å²) < 4.78 is 0. The maximum absolute atomic E-state index is 9.45. The zero-order valence-electron chi connectivity index (χ0n) is 14.1. The van der Waals surface area contributed by atoms with Gasteiger partial charge in [0.05, 0.1) is 5.52 Å². The highest BCUT2D eigenvalue weighted by Crippen LogP contribution is 2.24. The summed E-state index contributed by atoms with van der Waals surface area (Å²) in [6.07, 6.45) is 2.31. The third-order valence-corrected chi connectivity index (χ3v) is 5.46. The van der Waals surface area contributed by atoms with Gasteiger partial charge in [-0.3, -0.25) is 4.90 Å². The molecule has 1 aliphatic rings. The second-order valence-corrected chi connectivity index (χ2v) is 7.49. The predicted octanol–water partition coefficient (Wildman–Crippen LogP) is 3.26. The number of nitrogens with zero attached hydrogens (tertiary/aromatic N) is 3. The highest BCUT2D eigenvalue weighted by Gasteiger charge is 2.21. The van der Waals surface area contributed by atoms with E-state index in [9.17, 15) is 5.11 Å². The molecule has 0 saturated carbocycles. The number of rotatable bonds is 5. The number of thiophene rings is 1. The number of benzene rings is 1. The van der Waals surface area contributed by atoms with Crippen molar-refractivity contribution in [3.05, 3.63) is 52.5 Å². The van der Waals surface area contributed by atoms with Gasteiger partial charge in [0.25, 0.3) is 0 Å². The van der Waals surface area contributed by atoms with Crippen molar-refractivity contribution in [3.8, 4) is 0 Å². The van der Waals surface area contributed by atoms with Crippen LogP contribution in [0.2, 0.25) is 0 Å². The van der Waals surface area contributed by atoms with Gasteiger partial charge in [0.2, 0.25) is 0 Å². The number of hydrogen-bond acceptors (Lipinski definition) is 6. The minimum absolute atomic E-state index is 0.144. The smallest absolute Gasteiger partial charge is 0.156 e. The number of anilines is 1. The second kappa shape index (κ2) is 7.47. The molecule has 1 fully saturated rings. The van der Waals surface area contributed by atoms with Gasteiger partial charge in [-0.1, -0.05) is 18.2 Å². The monoisotopic (exact) mass is 354 g/mol. The topological polar surface area (TPSA) is 61.3 Å². The van der Waals surface area contributed by atoms with Gasteiger partial charge in [-0.25, -0.2) is 9.97 Å². The van der Waals surface area contributed by atoms with Crippen LogP contribution >= 0.6 is 11.3 Å². The molecular formula is C19H22N4OS. The molecule has 1 atom stereocenters. The molecule has 2 N–H and O–H groups in total. The maximum Gasteiger partial charge on any atom is 0.156 e. The average molecular weight is 354 g/mol. The molecule has 3 aromatic rings. The SMILES string of the molecule is OCc1nc(N[C@H]2CCCN(Cc3cccs3)C2)c2ccccc2n1. The fourth-order valence-corrected chi connectivity index (χ4v) is 4.18. The van der Waals surface area contributed by atoms with Crippen LogP contribution in [-0.2, 0) is 13.2 Å². The summed E-state index contributed by atoms with van der Waals surface area (Å²) in [5.74, 6) is 1.30. The minimum Gasteiger partial charge on any atom is -0.388 e. The second-order valence-electron chi connectivity index (χ2n) is 6.46. The van der Waals surface area contributed by atoms with Crippen molar-refractivity contribution < 1.29 is 5.11 Å². The first kappa shape index (κ1) is 16.4. The summed E-state index contributed by atoms with van der Waals surface area (Å²) in [6.45, 7) is 3.02. The molecule has 5 nitrogen and oxygen atoms in total. The Morgan fingerprint density at radius 3 is 2.96 bits per heavy atom. The first-order valence-corrected chi connectivity index (χ1v) is 9.57. The minimum atomic E-state index is -0.144. The van der Waals surface area contributed by atoms with Crippen molar-refractivity contribution in [1.29, 1.82) is 0 Å². The lowest BCUT2D eigenvalue weighted by Gasteiger charge is -2.33. The lowest BCUT2D eigenvalue weighted by molar-refractivity contribution is 0.210. The summed E-state index contributed by atoms with van der Waals surface area (Å²) in [6, 6.07) is 12.6. The van der Waals surface area contributed by atoms with Gasteiger partial charge in [-0.2, -0.15) is 0 Å².